The Labute approximate surface area is 171 Å². The van der Waals surface area contributed by atoms with Gasteiger partial charge in [0.2, 0.25) is 5.91 Å². The summed E-state index contributed by atoms with van der Waals surface area (Å²) in [5.41, 5.74) is 6.68. The summed E-state index contributed by atoms with van der Waals surface area (Å²) >= 11 is 0. The molecule has 3 rings (SSSR count). The Morgan fingerprint density at radius 3 is 2.31 bits per heavy atom. The minimum Gasteiger partial charge on any atom is -0.508 e. The van der Waals surface area contributed by atoms with Gasteiger partial charge in [-0.3, -0.25) is 4.79 Å². The number of hydrogen-bond acceptors (Lipinski definition) is 4. The molecular formula is C24H25N3O2. The van der Waals surface area contributed by atoms with E-state index >= 15 is 0 Å². The molecule has 0 heterocycles. The van der Waals surface area contributed by atoms with Gasteiger partial charge in [-0.05, 0) is 47.9 Å². The van der Waals surface area contributed by atoms with Gasteiger partial charge >= 0.3 is 0 Å². The predicted molar refractivity (Wildman–Crippen MR) is 117 cm³/mol. The number of anilines is 1. The molecule has 0 atom stereocenters. The minimum atomic E-state index is -0.205. The van der Waals surface area contributed by atoms with E-state index in [1.165, 1.54) is 5.56 Å². The van der Waals surface area contributed by atoms with Gasteiger partial charge in [0.05, 0.1) is 12.6 Å². The van der Waals surface area contributed by atoms with E-state index in [4.69, 9.17) is 0 Å². The lowest BCUT2D eigenvalue weighted by Gasteiger charge is -2.23. The van der Waals surface area contributed by atoms with Crippen molar-refractivity contribution in [1.29, 1.82) is 0 Å². The van der Waals surface area contributed by atoms with E-state index in [1.807, 2.05) is 18.2 Å². The van der Waals surface area contributed by atoms with Crippen LogP contribution in [-0.2, 0) is 17.8 Å². The van der Waals surface area contributed by atoms with Crippen molar-refractivity contribution >= 4 is 17.8 Å². The van der Waals surface area contributed by atoms with Gasteiger partial charge in [0.25, 0.3) is 0 Å². The Hall–Kier alpha value is -3.60. The van der Waals surface area contributed by atoms with Crippen molar-refractivity contribution in [2.45, 2.75) is 19.9 Å². The molecule has 5 nitrogen and oxygen atoms in total. The van der Waals surface area contributed by atoms with Crippen molar-refractivity contribution in [3.05, 3.63) is 95.6 Å². The molecule has 0 radical (unpaired) electrons. The van der Waals surface area contributed by atoms with Crippen molar-refractivity contribution in [2.24, 2.45) is 5.10 Å². The number of carbonyl (C=O) groups excluding carboxylic acids is 1. The van der Waals surface area contributed by atoms with Crippen LogP contribution in [0.5, 0.6) is 5.75 Å². The monoisotopic (exact) mass is 387 g/mol. The van der Waals surface area contributed by atoms with Crippen LogP contribution in [0.25, 0.3) is 0 Å². The summed E-state index contributed by atoms with van der Waals surface area (Å²) in [6, 6.07) is 25.0. The topological polar surface area (TPSA) is 64.9 Å². The first-order chi connectivity index (χ1) is 14.1. The molecule has 2 N–H and O–H groups in total. The number of nitrogens with one attached hydrogen (secondary N) is 1. The molecule has 3 aromatic rings. The zero-order valence-corrected chi connectivity index (χ0v) is 16.5. The number of aromatic hydroxyl groups is 1. The summed E-state index contributed by atoms with van der Waals surface area (Å²) in [6.45, 7) is 3.91. The van der Waals surface area contributed by atoms with Gasteiger partial charge < -0.3 is 10.0 Å². The highest BCUT2D eigenvalue weighted by atomic mass is 16.3. The second kappa shape index (κ2) is 10.1. The number of rotatable bonds is 8. The third-order valence-electron chi connectivity index (χ3n) is 4.56. The van der Waals surface area contributed by atoms with Gasteiger partial charge in [-0.15, -0.1) is 0 Å². The van der Waals surface area contributed by atoms with Crippen LogP contribution in [0.1, 0.15) is 23.6 Å². The zero-order valence-electron chi connectivity index (χ0n) is 16.5. The number of phenols is 1. The fourth-order valence-corrected chi connectivity index (χ4v) is 2.98. The molecule has 0 fully saturated rings. The Morgan fingerprint density at radius 2 is 1.66 bits per heavy atom. The molecular weight excluding hydrogens is 362 g/mol. The van der Waals surface area contributed by atoms with Crippen LogP contribution in [-0.4, -0.2) is 23.8 Å². The number of phenolic OH excluding ortho intramolecular Hbond substituents is 1. The van der Waals surface area contributed by atoms with E-state index < -0.39 is 0 Å². The summed E-state index contributed by atoms with van der Waals surface area (Å²) in [4.78, 5) is 14.3. The van der Waals surface area contributed by atoms with Crippen molar-refractivity contribution < 1.29 is 9.90 Å². The molecule has 3 aromatic carbocycles. The van der Waals surface area contributed by atoms with Gasteiger partial charge in [-0.25, -0.2) is 5.43 Å². The summed E-state index contributed by atoms with van der Waals surface area (Å²) < 4.78 is 0. The molecule has 5 heteroatoms. The Morgan fingerprint density at radius 1 is 0.966 bits per heavy atom. The van der Waals surface area contributed by atoms with Gasteiger partial charge in [0, 0.05) is 18.8 Å². The summed E-state index contributed by atoms with van der Waals surface area (Å²) in [6.07, 6.45) is 1.84. The number of amides is 1. The number of carbonyl (C=O) groups is 1. The number of nitrogens with zero attached hydrogens (tertiary/aromatic N) is 2. The third kappa shape index (κ3) is 6.21. The van der Waals surface area contributed by atoms with Gasteiger partial charge in [-0.2, -0.15) is 5.10 Å². The molecule has 0 aliphatic heterocycles. The molecule has 0 saturated heterocycles. The molecule has 0 aliphatic rings. The molecule has 148 valence electrons. The van der Waals surface area contributed by atoms with Gasteiger partial charge in [0.15, 0.2) is 0 Å². The van der Waals surface area contributed by atoms with E-state index in [2.05, 4.69) is 58.7 Å². The van der Waals surface area contributed by atoms with Gasteiger partial charge in [0.1, 0.15) is 5.75 Å². The van der Waals surface area contributed by atoms with E-state index in [9.17, 15) is 9.90 Å². The van der Waals surface area contributed by atoms with Crippen LogP contribution in [0.3, 0.4) is 0 Å². The largest absolute Gasteiger partial charge is 0.508 e. The molecule has 1 amide bonds. The summed E-state index contributed by atoms with van der Waals surface area (Å²) in [7, 11) is 0. The first-order valence-corrected chi connectivity index (χ1v) is 9.63. The van der Waals surface area contributed by atoms with Crippen LogP contribution in [0, 0.1) is 0 Å². The van der Waals surface area contributed by atoms with E-state index in [1.54, 1.807) is 30.5 Å². The predicted octanol–water partition coefficient (Wildman–Crippen LogP) is 4.11. The van der Waals surface area contributed by atoms with Gasteiger partial charge in [-0.1, -0.05) is 54.6 Å². The summed E-state index contributed by atoms with van der Waals surface area (Å²) in [5, 5.41) is 13.3. The lowest BCUT2D eigenvalue weighted by molar-refractivity contribution is -0.120. The van der Waals surface area contributed by atoms with Crippen LogP contribution >= 0.6 is 0 Å². The van der Waals surface area contributed by atoms with Crippen molar-refractivity contribution in [2.75, 3.05) is 11.4 Å². The Balaban J connectivity index is 1.53. The molecule has 29 heavy (non-hydrogen) atoms. The quantitative estimate of drug-likeness (QED) is 0.452. The second-order valence-electron chi connectivity index (χ2n) is 6.73. The second-order valence-corrected chi connectivity index (χ2v) is 6.73. The van der Waals surface area contributed by atoms with E-state index in [0.29, 0.717) is 0 Å². The number of benzene rings is 3. The maximum atomic E-state index is 11.9. The summed E-state index contributed by atoms with van der Waals surface area (Å²) in [5.74, 6) is -0.0235. The molecule has 0 saturated carbocycles. The average molecular weight is 387 g/mol. The molecule has 0 aromatic heterocycles. The van der Waals surface area contributed by atoms with Crippen LogP contribution in [0.15, 0.2) is 84.0 Å². The van der Waals surface area contributed by atoms with E-state index in [-0.39, 0.29) is 18.1 Å². The smallest absolute Gasteiger partial charge is 0.244 e. The highest BCUT2D eigenvalue weighted by Crippen LogP contribution is 2.17. The lowest BCUT2D eigenvalue weighted by atomic mass is 10.1. The van der Waals surface area contributed by atoms with Crippen LogP contribution in [0.4, 0.5) is 5.69 Å². The standard InChI is InChI=1S/C24H25N3O2/c1-2-27(18-21-6-4-3-5-7-21)22-12-8-20(9-13-22)17-25-26-24(29)16-19-10-14-23(28)15-11-19/h3-15,17,28H,2,16,18H2,1H3,(H,26,29)/b25-17-. The maximum Gasteiger partial charge on any atom is 0.244 e. The Kier molecular flexibility index (Phi) is 7.00. The molecule has 0 spiro atoms. The van der Waals surface area contributed by atoms with E-state index in [0.717, 1.165) is 29.9 Å². The van der Waals surface area contributed by atoms with Crippen LogP contribution < -0.4 is 10.3 Å². The molecule has 0 bridgehead atoms. The highest BCUT2D eigenvalue weighted by molar-refractivity contribution is 5.83. The SMILES string of the molecule is CCN(Cc1ccccc1)c1ccc(/C=N\NC(=O)Cc2ccc(O)cc2)cc1. The number of hydrazone groups is 1. The lowest BCUT2D eigenvalue weighted by Crippen LogP contribution is -2.21. The Bertz CT molecular complexity index is 936. The first kappa shape index (κ1) is 20.1. The first-order valence-electron chi connectivity index (χ1n) is 9.63. The van der Waals surface area contributed by atoms with Crippen molar-refractivity contribution in [3.63, 3.8) is 0 Å². The minimum absolute atomic E-state index is 0.182. The fraction of sp³-hybridized carbons (Fsp3) is 0.167. The number of hydrogen-bond donors (Lipinski definition) is 2. The fourth-order valence-electron chi connectivity index (χ4n) is 2.98. The third-order valence-corrected chi connectivity index (χ3v) is 4.56. The molecule has 0 unspecified atom stereocenters. The maximum absolute atomic E-state index is 11.9. The normalized spacial score (nSPS) is 10.8. The van der Waals surface area contributed by atoms with Crippen molar-refractivity contribution in [1.82, 2.24) is 5.43 Å². The van der Waals surface area contributed by atoms with Crippen LogP contribution in [0.2, 0.25) is 0 Å². The average Bonchev–Trinajstić information content (AvgIpc) is 2.75. The molecule has 0 aliphatic carbocycles. The zero-order chi connectivity index (χ0) is 20.5. The highest BCUT2D eigenvalue weighted by Gasteiger charge is 2.05. The van der Waals surface area contributed by atoms with Crippen molar-refractivity contribution in [3.8, 4) is 5.75 Å².